The summed E-state index contributed by atoms with van der Waals surface area (Å²) >= 11 is 0. The first-order valence-electron chi connectivity index (χ1n) is 10.4. The van der Waals surface area contributed by atoms with E-state index in [4.69, 9.17) is 0 Å². The van der Waals surface area contributed by atoms with Gasteiger partial charge >= 0.3 is 11.8 Å². The predicted octanol–water partition coefficient (Wildman–Crippen LogP) is 4.54. The molecule has 0 aliphatic rings. The van der Waals surface area contributed by atoms with Crippen LogP contribution in [0.4, 0.5) is 17.1 Å². The zero-order chi connectivity index (χ0) is 24.1. The molecule has 170 valence electrons. The highest BCUT2D eigenvalue weighted by molar-refractivity contribution is 6.40. The van der Waals surface area contributed by atoms with Gasteiger partial charge in [-0.25, -0.2) is 0 Å². The minimum absolute atomic E-state index is 0.0143. The zero-order valence-corrected chi connectivity index (χ0v) is 18.2. The summed E-state index contributed by atoms with van der Waals surface area (Å²) < 4.78 is 1.36. The van der Waals surface area contributed by atoms with Crippen LogP contribution in [0.3, 0.4) is 0 Å². The molecular formula is C25H21N5O4. The topological polar surface area (TPSA) is 125 Å². The van der Waals surface area contributed by atoms with Crippen LogP contribution in [0, 0.1) is 6.92 Å². The molecule has 0 aliphatic carbocycles. The summed E-state index contributed by atoms with van der Waals surface area (Å²) in [4.78, 5) is 36.8. The molecule has 1 aromatic heterocycles. The Balaban J connectivity index is 1.55. The molecule has 0 fully saturated rings. The second-order valence-corrected chi connectivity index (χ2v) is 7.52. The third-order valence-electron chi connectivity index (χ3n) is 5.02. The number of amides is 3. The first kappa shape index (κ1) is 22.4. The maximum atomic E-state index is 12.6. The lowest BCUT2D eigenvalue weighted by atomic mass is 10.2. The summed E-state index contributed by atoms with van der Waals surface area (Å²) in [5, 5.41) is 23.7. The van der Waals surface area contributed by atoms with E-state index in [1.165, 1.54) is 4.57 Å². The molecule has 0 saturated heterocycles. The predicted molar refractivity (Wildman–Crippen MR) is 128 cm³/mol. The van der Waals surface area contributed by atoms with Crippen molar-refractivity contribution in [2.24, 2.45) is 10.2 Å². The maximum absolute atomic E-state index is 12.6. The van der Waals surface area contributed by atoms with Gasteiger partial charge in [-0.1, -0.05) is 54.1 Å². The Hall–Kier alpha value is -4.79. The quantitative estimate of drug-likeness (QED) is 0.302. The largest absolute Gasteiger partial charge is 0.493 e. The molecule has 0 radical (unpaired) electrons. The zero-order valence-electron chi connectivity index (χ0n) is 18.2. The SMILES string of the molecule is Cc1ccc(NC(=O)Cn2c(O)c(N=NC(=O)C(=O)Nc3ccccc3)c3ccccc32)cc1. The number of aromatic hydroxyl groups is 1. The number of carbonyl (C=O) groups is 3. The van der Waals surface area contributed by atoms with Crippen LogP contribution in [-0.4, -0.2) is 27.4 Å². The Bertz CT molecular complexity index is 1390. The number of carbonyl (C=O) groups excluding carboxylic acids is 3. The highest BCUT2D eigenvalue weighted by Gasteiger charge is 2.20. The molecular weight excluding hydrogens is 434 g/mol. The number of hydrogen-bond donors (Lipinski definition) is 3. The molecule has 3 amide bonds. The second kappa shape index (κ2) is 9.78. The van der Waals surface area contributed by atoms with E-state index in [9.17, 15) is 19.5 Å². The number of para-hydroxylation sites is 2. The number of anilines is 2. The molecule has 3 aromatic carbocycles. The van der Waals surface area contributed by atoms with Gasteiger partial charge in [0, 0.05) is 16.8 Å². The lowest BCUT2D eigenvalue weighted by Gasteiger charge is -2.08. The van der Waals surface area contributed by atoms with Gasteiger partial charge in [-0.15, -0.1) is 10.2 Å². The number of hydrogen-bond acceptors (Lipinski definition) is 5. The average Bonchev–Trinajstić information content (AvgIpc) is 3.10. The first-order chi connectivity index (χ1) is 16.4. The van der Waals surface area contributed by atoms with Crippen LogP contribution >= 0.6 is 0 Å². The van der Waals surface area contributed by atoms with Crippen molar-refractivity contribution in [3.05, 3.63) is 84.4 Å². The Kier molecular flexibility index (Phi) is 6.45. The summed E-state index contributed by atoms with van der Waals surface area (Å²) in [6.07, 6.45) is 0. The lowest BCUT2D eigenvalue weighted by Crippen LogP contribution is -2.20. The van der Waals surface area contributed by atoms with E-state index in [2.05, 4.69) is 20.9 Å². The van der Waals surface area contributed by atoms with E-state index in [1.54, 1.807) is 66.7 Å². The highest BCUT2D eigenvalue weighted by atomic mass is 16.3. The van der Waals surface area contributed by atoms with Crippen molar-refractivity contribution >= 4 is 45.7 Å². The summed E-state index contributed by atoms with van der Waals surface area (Å²) in [5.74, 6) is -2.80. The number of fused-ring (bicyclic) bond motifs is 1. The van der Waals surface area contributed by atoms with E-state index in [1.807, 2.05) is 19.1 Å². The van der Waals surface area contributed by atoms with Crippen LogP contribution in [0.25, 0.3) is 10.9 Å². The molecule has 9 heteroatoms. The van der Waals surface area contributed by atoms with E-state index in [0.717, 1.165) is 5.56 Å². The van der Waals surface area contributed by atoms with E-state index < -0.39 is 11.8 Å². The number of aryl methyl sites for hydroxylation is 1. The van der Waals surface area contributed by atoms with Gasteiger partial charge in [0.15, 0.2) is 5.69 Å². The molecule has 0 atom stereocenters. The third kappa shape index (κ3) is 4.99. The number of rotatable bonds is 5. The average molecular weight is 455 g/mol. The molecule has 0 spiro atoms. The normalized spacial score (nSPS) is 11.0. The van der Waals surface area contributed by atoms with Gasteiger partial charge in [0.1, 0.15) is 6.54 Å². The second-order valence-electron chi connectivity index (χ2n) is 7.52. The van der Waals surface area contributed by atoms with Crippen molar-refractivity contribution in [3.8, 4) is 5.88 Å². The van der Waals surface area contributed by atoms with E-state index >= 15 is 0 Å². The van der Waals surface area contributed by atoms with Crippen molar-refractivity contribution in [2.75, 3.05) is 10.6 Å². The van der Waals surface area contributed by atoms with Crippen LogP contribution in [0.2, 0.25) is 0 Å². The van der Waals surface area contributed by atoms with Crippen molar-refractivity contribution < 1.29 is 19.5 Å². The fourth-order valence-electron chi connectivity index (χ4n) is 3.36. The molecule has 1 heterocycles. The van der Waals surface area contributed by atoms with Crippen LogP contribution in [-0.2, 0) is 20.9 Å². The number of azo groups is 1. The summed E-state index contributed by atoms with van der Waals surface area (Å²) in [5.41, 5.74) is 2.64. The van der Waals surface area contributed by atoms with Crippen LogP contribution in [0.1, 0.15) is 5.56 Å². The minimum Gasteiger partial charge on any atom is -0.493 e. The van der Waals surface area contributed by atoms with E-state index in [-0.39, 0.29) is 24.0 Å². The molecule has 0 unspecified atom stereocenters. The minimum atomic E-state index is -1.13. The molecule has 4 aromatic rings. The Morgan fingerprint density at radius 1 is 0.853 bits per heavy atom. The smallest absolute Gasteiger partial charge is 0.353 e. The van der Waals surface area contributed by atoms with Crippen molar-refractivity contribution in [1.29, 1.82) is 0 Å². The number of nitrogens with zero attached hydrogens (tertiary/aromatic N) is 3. The summed E-state index contributed by atoms with van der Waals surface area (Å²) in [7, 11) is 0. The monoisotopic (exact) mass is 455 g/mol. The lowest BCUT2D eigenvalue weighted by molar-refractivity contribution is -0.134. The summed E-state index contributed by atoms with van der Waals surface area (Å²) in [6.45, 7) is 1.75. The first-order valence-corrected chi connectivity index (χ1v) is 10.4. The Morgan fingerprint density at radius 3 is 2.24 bits per heavy atom. The van der Waals surface area contributed by atoms with Crippen molar-refractivity contribution in [3.63, 3.8) is 0 Å². The van der Waals surface area contributed by atoms with Gasteiger partial charge in [0.25, 0.3) is 0 Å². The fraction of sp³-hybridized carbons (Fsp3) is 0.0800. The van der Waals surface area contributed by atoms with Gasteiger partial charge in [0.2, 0.25) is 11.8 Å². The standard InChI is InChI=1S/C25H21N5O4/c1-16-11-13-18(14-12-16)26-21(31)15-30-20-10-6-5-9-19(20)22(25(30)34)28-29-24(33)23(32)27-17-7-3-2-4-8-17/h2-14,34H,15H2,1H3,(H,26,31)(H,27,32). The van der Waals surface area contributed by atoms with Crippen LogP contribution in [0.15, 0.2) is 89.1 Å². The maximum Gasteiger partial charge on any atom is 0.353 e. The number of aromatic nitrogens is 1. The molecule has 3 N–H and O–H groups in total. The van der Waals surface area contributed by atoms with Crippen LogP contribution < -0.4 is 10.6 Å². The van der Waals surface area contributed by atoms with Crippen molar-refractivity contribution in [2.45, 2.75) is 13.5 Å². The molecule has 4 rings (SSSR count). The van der Waals surface area contributed by atoms with Gasteiger partial charge in [-0.2, -0.15) is 0 Å². The summed E-state index contributed by atoms with van der Waals surface area (Å²) in [6, 6.07) is 22.6. The highest BCUT2D eigenvalue weighted by Crippen LogP contribution is 2.38. The van der Waals surface area contributed by atoms with Gasteiger partial charge < -0.3 is 20.3 Å². The van der Waals surface area contributed by atoms with Gasteiger partial charge in [0.05, 0.1) is 5.52 Å². The van der Waals surface area contributed by atoms with Gasteiger partial charge in [-0.05, 0) is 37.3 Å². The Morgan fingerprint density at radius 2 is 1.50 bits per heavy atom. The molecule has 9 nitrogen and oxygen atoms in total. The number of nitrogens with one attached hydrogen (secondary N) is 2. The molecule has 0 aliphatic heterocycles. The Labute approximate surface area is 194 Å². The van der Waals surface area contributed by atoms with Crippen LogP contribution in [0.5, 0.6) is 5.88 Å². The van der Waals surface area contributed by atoms with E-state index in [0.29, 0.717) is 22.3 Å². The van der Waals surface area contributed by atoms with Crippen molar-refractivity contribution in [1.82, 2.24) is 4.57 Å². The molecule has 34 heavy (non-hydrogen) atoms. The molecule has 0 saturated carbocycles. The fourth-order valence-corrected chi connectivity index (χ4v) is 3.36. The third-order valence-corrected chi connectivity index (χ3v) is 5.02. The number of benzene rings is 3. The molecule has 0 bridgehead atoms. The van der Waals surface area contributed by atoms with Gasteiger partial charge in [-0.3, -0.25) is 14.4 Å².